The minimum absolute atomic E-state index is 0.700. The van der Waals surface area contributed by atoms with E-state index in [2.05, 4.69) is 288 Å². The van der Waals surface area contributed by atoms with E-state index in [0.717, 1.165) is 67.5 Å². The fraction of sp³-hybridized carbons (Fsp3) is 0. The first-order valence-electron chi connectivity index (χ1n) is 29.0. The number of benzene rings is 12. The Balaban J connectivity index is 0.000000145. The summed E-state index contributed by atoms with van der Waals surface area (Å²) >= 11 is 0. The second kappa shape index (κ2) is 22.6. The van der Waals surface area contributed by atoms with Crippen molar-refractivity contribution in [3.05, 3.63) is 328 Å². The van der Waals surface area contributed by atoms with Gasteiger partial charge in [-0.1, -0.05) is 255 Å². The number of fused-ring (bicyclic) bond motifs is 6. The molecule has 0 amide bonds. The average molecular weight is 1100 g/mol. The molecule has 6 nitrogen and oxygen atoms in total. The van der Waals surface area contributed by atoms with Crippen molar-refractivity contribution in [2.45, 2.75) is 0 Å². The molecule has 0 spiro atoms. The Morgan fingerprint density at radius 1 is 0.174 bits per heavy atom. The number of rotatable bonds is 10. The smallest absolute Gasteiger partial charge is 0.160 e. The SMILES string of the molecule is c1ccc(-c2ccc(-c3cc(-c4ccccc4)nc(-c4ccc(-n5c6ccccc6c6ccccc65)cc4)n3)cc2)cc1.c1ccc(-c2ccc(-c3cc(-c4ccccc4)nc(-c4cccc(-n5c6ccccc6c6ccccc65)c4)n3)cc2)cc1. The Kier molecular flexibility index (Phi) is 13.5. The fourth-order valence-electron chi connectivity index (χ4n) is 11.8. The third-order valence-corrected chi connectivity index (χ3v) is 16.1. The Morgan fingerprint density at radius 2 is 0.442 bits per heavy atom. The predicted molar refractivity (Wildman–Crippen MR) is 356 cm³/mol. The van der Waals surface area contributed by atoms with Gasteiger partial charge in [-0.15, -0.1) is 0 Å². The fourth-order valence-corrected chi connectivity index (χ4v) is 11.8. The molecule has 86 heavy (non-hydrogen) atoms. The lowest BCUT2D eigenvalue weighted by Gasteiger charge is -2.12. The van der Waals surface area contributed by atoms with Crippen LogP contribution in [0.1, 0.15) is 0 Å². The van der Waals surface area contributed by atoms with Crippen LogP contribution in [0.2, 0.25) is 0 Å². The predicted octanol–water partition coefficient (Wildman–Crippen LogP) is 20.5. The Morgan fingerprint density at radius 3 is 0.826 bits per heavy atom. The summed E-state index contributed by atoms with van der Waals surface area (Å²) in [5.74, 6) is 1.41. The Labute approximate surface area is 499 Å². The zero-order chi connectivity index (χ0) is 57.2. The Bertz CT molecular complexity index is 4950. The topological polar surface area (TPSA) is 61.4 Å². The Hall–Kier alpha value is -11.6. The van der Waals surface area contributed by atoms with Crippen LogP contribution in [0.4, 0.5) is 0 Å². The third-order valence-electron chi connectivity index (χ3n) is 16.1. The minimum Gasteiger partial charge on any atom is -0.309 e. The van der Waals surface area contributed by atoms with Gasteiger partial charge in [-0.3, -0.25) is 0 Å². The van der Waals surface area contributed by atoms with Crippen molar-refractivity contribution in [2.24, 2.45) is 0 Å². The summed E-state index contributed by atoms with van der Waals surface area (Å²) in [6.45, 7) is 0. The molecule has 0 saturated carbocycles. The van der Waals surface area contributed by atoms with Crippen LogP contribution in [-0.4, -0.2) is 29.1 Å². The van der Waals surface area contributed by atoms with E-state index < -0.39 is 0 Å². The molecule has 0 aliphatic rings. The van der Waals surface area contributed by atoms with Gasteiger partial charge in [-0.2, -0.15) is 0 Å². The summed E-state index contributed by atoms with van der Waals surface area (Å²) in [4.78, 5) is 20.3. The largest absolute Gasteiger partial charge is 0.309 e. The highest BCUT2D eigenvalue weighted by Crippen LogP contribution is 2.37. The van der Waals surface area contributed by atoms with Gasteiger partial charge in [0.1, 0.15) is 0 Å². The maximum Gasteiger partial charge on any atom is 0.160 e. The van der Waals surface area contributed by atoms with Gasteiger partial charge >= 0.3 is 0 Å². The zero-order valence-corrected chi connectivity index (χ0v) is 46.9. The molecule has 0 radical (unpaired) electrons. The van der Waals surface area contributed by atoms with Crippen molar-refractivity contribution >= 4 is 43.6 Å². The summed E-state index contributed by atoms with van der Waals surface area (Å²) in [7, 11) is 0. The van der Waals surface area contributed by atoms with Crippen molar-refractivity contribution in [3.8, 4) is 101 Å². The van der Waals surface area contributed by atoms with Gasteiger partial charge < -0.3 is 9.13 Å². The van der Waals surface area contributed by atoms with Crippen molar-refractivity contribution in [1.29, 1.82) is 0 Å². The van der Waals surface area contributed by atoms with Crippen molar-refractivity contribution in [3.63, 3.8) is 0 Å². The monoisotopic (exact) mass is 1100 g/mol. The minimum atomic E-state index is 0.700. The van der Waals surface area contributed by atoms with Crippen LogP contribution < -0.4 is 0 Å². The number of nitrogens with zero attached hydrogens (tertiary/aromatic N) is 6. The second-order valence-corrected chi connectivity index (χ2v) is 21.4. The standard InChI is InChI=1S/2C40H27N3/c1-3-12-28(13-4-1)29-22-24-31(25-23-29)37-27-36(30-14-5-2-6-15-30)41-40(42-37)32-16-11-17-33(26-32)43-38-20-9-7-18-34(38)35-19-8-10-21-39(35)43;1-3-11-28(12-4-1)29-19-21-31(22-20-29)37-27-36(30-13-5-2-6-14-30)41-40(42-37)32-23-25-33(26-24-32)43-38-17-9-7-15-34(38)35-16-8-10-18-39(35)43/h2*1-27H. The molecule has 4 heterocycles. The van der Waals surface area contributed by atoms with Gasteiger partial charge in [0.15, 0.2) is 11.6 Å². The first kappa shape index (κ1) is 51.3. The lowest BCUT2D eigenvalue weighted by molar-refractivity contribution is 1.16. The molecule has 4 aromatic heterocycles. The summed E-state index contributed by atoms with van der Waals surface area (Å²) in [6.07, 6.45) is 0. The molecule has 404 valence electrons. The van der Waals surface area contributed by atoms with E-state index in [1.165, 1.54) is 65.9 Å². The van der Waals surface area contributed by atoms with E-state index in [4.69, 9.17) is 19.9 Å². The number of aromatic nitrogens is 6. The zero-order valence-electron chi connectivity index (χ0n) is 46.9. The van der Waals surface area contributed by atoms with Crippen molar-refractivity contribution < 1.29 is 0 Å². The first-order chi connectivity index (χ1) is 42.6. The molecule has 0 fully saturated rings. The molecule has 0 N–H and O–H groups in total. The van der Waals surface area contributed by atoms with E-state index in [9.17, 15) is 0 Å². The molecule has 0 aliphatic heterocycles. The van der Waals surface area contributed by atoms with E-state index in [1.54, 1.807) is 0 Å². The summed E-state index contributed by atoms with van der Waals surface area (Å²) < 4.78 is 4.66. The molecule has 0 atom stereocenters. The summed E-state index contributed by atoms with van der Waals surface area (Å²) in [6, 6.07) is 114. The maximum absolute atomic E-state index is 5.13. The third kappa shape index (κ3) is 9.97. The number of hydrogen-bond acceptors (Lipinski definition) is 4. The first-order valence-corrected chi connectivity index (χ1v) is 29.0. The molecule has 6 heteroatoms. The van der Waals surface area contributed by atoms with Gasteiger partial charge in [0, 0.05) is 66.3 Å². The molecule has 12 aromatic carbocycles. The van der Waals surface area contributed by atoms with Crippen molar-refractivity contribution in [2.75, 3.05) is 0 Å². The maximum atomic E-state index is 5.13. The molecule has 16 aromatic rings. The van der Waals surface area contributed by atoms with Crippen LogP contribution in [0, 0.1) is 0 Å². The quantitative estimate of drug-likeness (QED) is 0.137. The number of para-hydroxylation sites is 4. The molecule has 0 saturated heterocycles. The highest BCUT2D eigenvalue weighted by Gasteiger charge is 2.17. The van der Waals surface area contributed by atoms with E-state index in [0.29, 0.717) is 11.6 Å². The van der Waals surface area contributed by atoms with Crippen LogP contribution in [0.5, 0.6) is 0 Å². The average Bonchev–Trinajstić information content (AvgIpc) is 1.92. The molecule has 0 bridgehead atoms. The van der Waals surface area contributed by atoms with Gasteiger partial charge in [-0.05, 0) is 95.1 Å². The summed E-state index contributed by atoms with van der Waals surface area (Å²) in [5, 5.41) is 4.99. The molecule has 0 unspecified atom stereocenters. The van der Waals surface area contributed by atoms with Gasteiger partial charge in [0.25, 0.3) is 0 Å². The van der Waals surface area contributed by atoms with Crippen molar-refractivity contribution in [1.82, 2.24) is 29.1 Å². The van der Waals surface area contributed by atoms with Crippen LogP contribution in [-0.2, 0) is 0 Å². The molecular weight excluding hydrogens is 1040 g/mol. The number of hydrogen-bond donors (Lipinski definition) is 0. The summed E-state index contributed by atoms with van der Waals surface area (Å²) in [5.41, 5.74) is 21.5. The van der Waals surface area contributed by atoms with Crippen LogP contribution >= 0.6 is 0 Å². The molecular formula is C80H54N6. The van der Waals surface area contributed by atoms with E-state index in [1.807, 2.05) is 48.5 Å². The molecule has 16 rings (SSSR count). The van der Waals surface area contributed by atoms with E-state index in [-0.39, 0.29) is 0 Å². The van der Waals surface area contributed by atoms with Crippen LogP contribution in [0.15, 0.2) is 328 Å². The van der Waals surface area contributed by atoms with Gasteiger partial charge in [0.05, 0.1) is 44.8 Å². The van der Waals surface area contributed by atoms with Gasteiger partial charge in [0.2, 0.25) is 0 Å². The lowest BCUT2D eigenvalue weighted by atomic mass is 10.0. The van der Waals surface area contributed by atoms with Gasteiger partial charge in [-0.25, -0.2) is 19.9 Å². The van der Waals surface area contributed by atoms with E-state index >= 15 is 0 Å². The normalized spacial score (nSPS) is 11.3. The van der Waals surface area contributed by atoms with Crippen LogP contribution in [0.3, 0.4) is 0 Å². The molecule has 0 aliphatic carbocycles. The highest BCUT2D eigenvalue weighted by atomic mass is 15.0. The van der Waals surface area contributed by atoms with Crippen LogP contribution in [0.25, 0.3) is 145 Å². The lowest BCUT2D eigenvalue weighted by Crippen LogP contribution is -1.98. The second-order valence-electron chi connectivity index (χ2n) is 21.4. The highest BCUT2D eigenvalue weighted by molar-refractivity contribution is 6.10.